The molecule has 0 bridgehead atoms. The molecule has 0 spiro atoms. The molecular formula is C14H23NO4. The van der Waals surface area contributed by atoms with E-state index in [0.717, 1.165) is 25.7 Å². The zero-order valence-corrected chi connectivity index (χ0v) is 11.5. The number of aliphatic carboxylic acids is 1. The molecule has 1 amide bonds. The second kappa shape index (κ2) is 6.37. The maximum absolute atomic E-state index is 12.5. The van der Waals surface area contributed by atoms with Gasteiger partial charge in [0.1, 0.15) is 0 Å². The Bertz CT molecular complexity index is 336. The molecule has 1 aliphatic carbocycles. The predicted molar refractivity (Wildman–Crippen MR) is 69.7 cm³/mol. The van der Waals surface area contributed by atoms with Crippen LogP contribution in [0.3, 0.4) is 0 Å². The number of carboxylic acid groups (broad SMARTS) is 1. The summed E-state index contributed by atoms with van der Waals surface area (Å²) < 4.78 is 5.31. The van der Waals surface area contributed by atoms with Gasteiger partial charge in [-0.25, -0.2) is 0 Å². The normalized spacial score (nSPS) is 32.1. The highest BCUT2D eigenvalue weighted by atomic mass is 16.5. The lowest BCUT2D eigenvalue weighted by Crippen LogP contribution is -2.51. The molecule has 19 heavy (non-hydrogen) atoms. The average molecular weight is 269 g/mol. The molecule has 0 radical (unpaired) electrons. The van der Waals surface area contributed by atoms with Crippen molar-refractivity contribution in [1.29, 1.82) is 0 Å². The molecule has 108 valence electrons. The first-order valence-corrected chi connectivity index (χ1v) is 7.18. The number of nitrogens with zero attached hydrogens (tertiary/aromatic N) is 1. The van der Waals surface area contributed by atoms with Crippen molar-refractivity contribution >= 4 is 11.9 Å². The fraction of sp³-hybridized carbons (Fsp3) is 0.857. The number of carboxylic acids is 1. The van der Waals surface area contributed by atoms with Crippen molar-refractivity contribution in [2.75, 3.05) is 19.8 Å². The van der Waals surface area contributed by atoms with Crippen molar-refractivity contribution in [3.8, 4) is 0 Å². The van der Waals surface area contributed by atoms with Gasteiger partial charge in [-0.1, -0.05) is 6.92 Å². The second-order valence-electron chi connectivity index (χ2n) is 5.82. The van der Waals surface area contributed by atoms with Crippen molar-refractivity contribution in [2.24, 2.45) is 11.8 Å². The van der Waals surface area contributed by atoms with Crippen molar-refractivity contribution < 1.29 is 19.4 Å². The van der Waals surface area contributed by atoms with Crippen molar-refractivity contribution in [2.45, 2.75) is 45.1 Å². The van der Waals surface area contributed by atoms with Crippen LogP contribution in [0, 0.1) is 11.8 Å². The maximum Gasteiger partial charge on any atom is 0.305 e. The molecule has 1 saturated carbocycles. The zero-order chi connectivity index (χ0) is 13.8. The summed E-state index contributed by atoms with van der Waals surface area (Å²) >= 11 is 0. The van der Waals surface area contributed by atoms with Crippen LogP contribution in [0.15, 0.2) is 0 Å². The Morgan fingerprint density at radius 2 is 1.95 bits per heavy atom. The van der Waals surface area contributed by atoms with Gasteiger partial charge in [-0.2, -0.15) is 0 Å². The summed E-state index contributed by atoms with van der Waals surface area (Å²) in [5.74, 6) is 0.0705. The minimum atomic E-state index is -0.870. The lowest BCUT2D eigenvalue weighted by Gasteiger charge is -2.38. The Hall–Kier alpha value is -1.10. The monoisotopic (exact) mass is 269 g/mol. The summed E-state index contributed by atoms with van der Waals surface area (Å²) in [6, 6.07) is -0.293. The van der Waals surface area contributed by atoms with E-state index in [0.29, 0.717) is 25.7 Å². The molecule has 0 aromatic carbocycles. The van der Waals surface area contributed by atoms with Crippen molar-refractivity contribution in [3.05, 3.63) is 0 Å². The van der Waals surface area contributed by atoms with Crippen LogP contribution in [-0.2, 0) is 14.3 Å². The van der Waals surface area contributed by atoms with E-state index in [9.17, 15) is 9.59 Å². The molecular weight excluding hydrogens is 246 g/mol. The Labute approximate surface area is 113 Å². The number of carbonyl (C=O) groups excluding carboxylic acids is 1. The minimum Gasteiger partial charge on any atom is -0.481 e. The van der Waals surface area contributed by atoms with Crippen molar-refractivity contribution in [1.82, 2.24) is 4.90 Å². The summed E-state index contributed by atoms with van der Waals surface area (Å²) in [7, 11) is 0. The van der Waals surface area contributed by atoms with Gasteiger partial charge < -0.3 is 14.7 Å². The molecule has 1 N–H and O–H groups in total. The molecule has 2 aliphatic rings. The molecule has 1 saturated heterocycles. The Morgan fingerprint density at radius 1 is 1.26 bits per heavy atom. The first-order valence-electron chi connectivity index (χ1n) is 7.18. The standard InChI is InChI=1S/C14H23NO4/c1-10-2-4-11(5-3-10)14(18)15-6-7-19-9-12(15)8-13(16)17/h10-12H,2-9H2,1H3,(H,16,17). The molecule has 2 rings (SSSR count). The zero-order valence-electron chi connectivity index (χ0n) is 11.5. The van der Waals surface area contributed by atoms with Gasteiger partial charge in [0.05, 0.1) is 25.7 Å². The maximum atomic E-state index is 12.5. The fourth-order valence-corrected chi connectivity index (χ4v) is 3.06. The molecule has 1 atom stereocenters. The smallest absolute Gasteiger partial charge is 0.305 e. The Balaban J connectivity index is 1.96. The van der Waals surface area contributed by atoms with Crippen LogP contribution < -0.4 is 0 Å². The van der Waals surface area contributed by atoms with E-state index in [1.54, 1.807) is 4.90 Å². The third-order valence-corrected chi connectivity index (χ3v) is 4.29. The van der Waals surface area contributed by atoms with Gasteiger partial charge in [0.15, 0.2) is 0 Å². The summed E-state index contributed by atoms with van der Waals surface area (Å²) in [6.45, 7) is 3.62. The van der Waals surface area contributed by atoms with Gasteiger partial charge in [0.2, 0.25) is 5.91 Å². The number of hydrogen-bond donors (Lipinski definition) is 1. The molecule has 2 fully saturated rings. The SMILES string of the molecule is CC1CCC(C(=O)N2CCOCC2CC(=O)O)CC1. The fourth-order valence-electron chi connectivity index (χ4n) is 3.06. The van der Waals surface area contributed by atoms with E-state index in [-0.39, 0.29) is 24.3 Å². The van der Waals surface area contributed by atoms with Gasteiger partial charge in [0, 0.05) is 12.5 Å². The van der Waals surface area contributed by atoms with E-state index < -0.39 is 5.97 Å². The van der Waals surface area contributed by atoms with E-state index >= 15 is 0 Å². The number of ether oxygens (including phenoxy) is 1. The highest BCUT2D eigenvalue weighted by Crippen LogP contribution is 2.30. The Morgan fingerprint density at radius 3 is 2.58 bits per heavy atom. The molecule has 5 heteroatoms. The van der Waals surface area contributed by atoms with E-state index in [4.69, 9.17) is 9.84 Å². The van der Waals surface area contributed by atoms with Crippen LogP contribution in [0.25, 0.3) is 0 Å². The summed E-state index contributed by atoms with van der Waals surface area (Å²) in [6.07, 6.45) is 4.07. The van der Waals surface area contributed by atoms with Gasteiger partial charge in [-0.3, -0.25) is 9.59 Å². The molecule has 1 aliphatic heterocycles. The highest BCUT2D eigenvalue weighted by Gasteiger charge is 2.34. The molecule has 1 unspecified atom stereocenters. The first-order chi connectivity index (χ1) is 9.08. The van der Waals surface area contributed by atoms with Gasteiger partial charge in [-0.05, 0) is 31.6 Å². The van der Waals surface area contributed by atoms with Crippen LogP contribution in [-0.4, -0.2) is 47.7 Å². The number of carbonyl (C=O) groups is 2. The summed E-state index contributed by atoms with van der Waals surface area (Å²) in [5, 5.41) is 8.92. The van der Waals surface area contributed by atoms with Gasteiger partial charge in [0.25, 0.3) is 0 Å². The number of rotatable bonds is 3. The van der Waals surface area contributed by atoms with Crippen LogP contribution in [0.4, 0.5) is 0 Å². The third-order valence-electron chi connectivity index (χ3n) is 4.29. The van der Waals surface area contributed by atoms with Gasteiger partial charge in [-0.15, -0.1) is 0 Å². The molecule has 5 nitrogen and oxygen atoms in total. The largest absolute Gasteiger partial charge is 0.481 e. The van der Waals surface area contributed by atoms with E-state index in [2.05, 4.69) is 6.92 Å². The molecule has 1 heterocycles. The first kappa shape index (κ1) is 14.3. The number of amides is 1. The average Bonchev–Trinajstić information content (AvgIpc) is 2.39. The molecule has 0 aromatic rings. The van der Waals surface area contributed by atoms with E-state index in [1.807, 2.05) is 0 Å². The van der Waals surface area contributed by atoms with Crippen molar-refractivity contribution in [3.63, 3.8) is 0 Å². The minimum absolute atomic E-state index is 0.0190. The van der Waals surface area contributed by atoms with Crippen LogP contribution >= 0.6 is 0 Å². The van der Waals surface area contributed by atoms with Crippen LogP contribution in [0.1, 0.15) is 39.0 Å². The second-order valence-corrected chi connectivity index (χ2v) is 5.82. The van der Waals surface area contributed by atoms with Crippen LogP contribution in [0.5, 0.6) is 0 Å². The van der Waals surface area contributed by atoms with E-state index in [1.165, 1.54) is 0 Å². The summed E-state index contributed by atoms with van der Waals surface area (Å²) in [5.41, 5.74) is 0. The predicted octanol–water partition coefficient (Wildman–Crippen LogP) is 1.51. The highest BCUT2D eigenvalue weighted by molar-refractivity contribution is 5.80. The Kier molecular flexibility index (Phi) is 4.80. The topological polar surface area (TPSA) is 66.8 Å². The quantitative estimate of drug-likeness (QED) is 0.843. The lowest BCUT2D eigenvalue weighted by atomic mass is 9.82. The number of hydrogen-bond acceptors (Lipinski definition) is 3. The lowest BCUT2D eigenvalue weighted by molar-refractivity contribution is -0.149. The van der Waals surface area contributed by atoms with Gasteiger partial charge >= 0.3 is 5.97 Å². The third kappa shape index (κ3) is 3.69. The van der Waals surface area contributed by atoms with Crippen LogP contribution in [0.2, 0.25) is 0 Å². The number of morpholine rings is 1. The summed E-state index contributed by atoms with van der Waals surface area (Å²) in [4.78, 5) is 25.1. The molecule has 0 aromatic heterocycles.